The molecule has 0 saturated carbocycles. The number of aromatic hydroxyl groups is 1. The van der Waals surface area contributed by atoms with E-state index >= 15 is 0 Å². The van der Waals surface area contributed by atoms with Gasteiger partial charge in [-0.1, -0.05) is 26.0 Å². The van der Waals surface area contributed by atoms with E-state index in [1.807, 2.05) is 12.1 Å². The number of ether oxygens (including phenoxy) is 1. The van der Waals surface area contributed by atoms with Crippen molar-refractivity contribution < 1.29 is 14.6 Å². The molecule has 0 spiro atoms. The summed E-state index contributed by atoms with van der Waals surface area (Å²) >= 11 is 0. The van der Waals surface area contributed by atoms with Crippen molar-refractivity contribution in [3.63, 3.8) is 0 Å². The second kappa shape index (κ2) is 9.08. The van der Waals surface area contributed by atoms with Crippen molar-refractivity contribution in [2.45, 2.75) is 26.8 Å². The van der Waals surface area contributed by atoms with E-state index in [-0.39, 0.29) is 17.2 Å². The minimum atomic E-state index is -0.253. The first-order valence-corrected chi connectivity index (χ1v) is 10.8. The predicted octanol–water partition coefficient (Wildman–Crippen LogP) is 3.58. The van der Waals surface area contributed by atoms with Crippen LogP contribution in [0.25, 0.3) is 10.9 Å². The number of anilines is 1. The van der Waals surface area contributed by atoms with Gasteiger partial charge in [-0.15, -0.1) is 0 Å². The van der Waals surface area contributed by atoms with Gasteiger partial charge in [0.15, 0.2) is 0 Å². The number of amides is 1. The summed E-state index contributed by atoms with van der Waals surface area (Å²) in [5.74, 6) is 0.142. The first-order chi connectivity index (χ1) is 14.9. The third-order valence-corrected chi connectivity index (χ3v) is 5.73. The lowest BCUT2D eigenvalue weighted by atomic mass is 10.0. The predicted molar refractivity (Wildman–Crippen MR) is 122 cm³/mol. The van der Waals surface area contributed by atoms with Gasteiger partial charge in [-0.3, -0.25) is 14.8 Å². The molecule has 4 rings (SSSR count). The molecule has 7 nitrogen and oxygen atoms in total. The Hall–Kier alpha value is -2.90. The van der Waals surface area contributed by atoms with Crippen LogP contribution in [0.5, 0.6) is 5.75 Å². The monoisotopic (exact) mass is 422 g/mol. The summed E-state index contributed by atoms with van der Waals surface area (Å²) in [7, 11) is 1.73. The minimum Gasteiger partial charge on any atom is -0.507 e. The Labute approximate surface area is 182 Å². The van der Waals surface area contributed by atoms with Gasteiger partial charge in [0.25, 0.3) is 5.91 Å². The standard InChI is InChI=1S/C24H30N4O3/c1-16(2)12-21-19-13-20(23(29)14-22(19)26-25-21)24(30)27(3)18-6-4-17(5-7-18)15-28-8-10-31-11-9-28/h4-7,13-14,16,29H,8-12,15H2,1-3H3,(H,25,26). The van der Waals surface area contributed by atoms with E-state index < -0.39 is 0 Å². The average molecular weight is 423 g/mol. The van der Waals surface area contributed by atoms with Crippen LogP contribution in [-0.2, 0) is 17.7 Å². The lowest BCUT2D eigenvalue weighted by Gasteiger charge is -2.26. The Kier molecular flexibility index (Phi) is 6.25. The Morgan fingerprint density at radius 2 is 1.94 bits per heavy atom. The molecular formula is C24H30N4O3. The molecule has 2 aromatic carbocycles. The number of aromatic nitrogens is 2. The normalized spacial score (nSPS) is 15.0. The molecular weight excluding hydrogens is 392 g/mol. The summed E-state index contributed by atoms with van der Waals surface area (Å²) in [5, 5.41) is 18.7. The number of nitrogens with one attached hydrogen (secondary N) is 1. The number of benzene rings is 2. The number of fused-ring (bicyclic) bond motifs is 1. The smallest absolute Gasteiger partial charge is 0.261 e. The van der Waals surface area contributed by atoms with E-state index in [1.54, 1.807) is 24.1 Å². The van der Waals surface area contributed by atoms with Crippen LogP contribution >= 0.6 is 0 Å². The minimum absolute atomic E-state index is 0.0481. The molecule has 0 bridgehead atoms. The van der Waals surface area contributed by atoms with Crippen LogP contribution in [0.15, 0.2) is 36.4 Å². The molecule has 0 aliphatic carbocycles. The second-order valence-corrected chi connectivity index (χ2v) is 8.60. The van der Waals surface area contributed by atoms with Crippen molar-refractivity contribution in [1.29, 1.82) is 0 Å². The molecule has 2 heterocycles. The molecule has 164 valence electrons. The molecule has 1 aliphatic heterocycles. The van der Waals surface area contributed by atoms with Crippen molar-refractivity contribution in [2.75, 3.05) is 38.3 Å². The third kappa shape index (κ3) is 4.73. The molecule has 0 radical (unpaired) electrons. The largest absolute Gasteiger partial charge is 0.507 e. The number of carbonyl (C=O) groups excluding carboxylic acids is 1. The zero-order valence-corrected chi connectivity index (χ0v) is 18.4. The van der Waals surface area contributed by atoms with Crippen molar-refractivity contribution >= 4 is 22.5 Å². The number of morpholine rings is 1. The Bertz CT molecular complexity index is 1050. The molecule has 1 fully saturated rings. The maximum atomic E-state index is 13.2. The number of aromatic amines is 1. The number of hydrogen-bond acceptors (Lipinski definition) is 5. The van der Waals surface area contributed by atoms with E-state index in [0.29, 0.717) is 5.92 Å². The highest BCUT2D eigenvalue weighted by Crippen LogP contribution is 2.29. The van der Waals surface area contributed by atoms with Crippen LogP contribution in [0, 0.1) is 5.92 Å². The van der Waals surface area contributed by atoms with Gasteiger partial charge in [0.05, 0.1) is 30.0 Å². The molecule has 7 heteroatoms. The molecule has 2 N–H and O–H groups in total. The van der Waals surface area contributed by atoms with Crippen LogP contribution in [0.3, 0.4) is 0 Å². The summed E-state index contributed by atoms with van der Waals surface area (Å²) in [6.07, 6.45) is 0.804. The van der Waals surface area contributed by atoms with Crippen LogP contribution < -0.4 is 4.90 Å². The maximum Gasteiger partial charge on any atom is 0.261 e. The molecule has 1 aromatic heterocycles. The fourth-order valence-corrected chi connectivity index (χ4v) is 3.96. The fourth-order valence-electron chi connectivity index (χ4n) is 3.96. The van der Waals surface area contributed by atoms with Crippen LogP contribution in [0.1, 0.15) is 35.5 Å². The molecule has 31 heavy (non-hydrogen) atoms. The summed E-state index contributed by atoms with van der Waals surface area (Å²) in [4.78, 5) is 17.1. The van der Waals surface area contributed by atoms with Crippen LogP contribution in [-0.4, -0.2) is 59.5 Å². The van der Waals surface area contributed by atoms with Gasteiger partial charge in [0.2, 0.25) is 0 Å². The van der Waals surface area contributed by atoms with Gasteiger partial charge in [-0.25, -0.2) is 0 Å². The van der Waals surface area contributed by atoms with Crippen molar-refractivity contribution in [3.05, 3.63) is 53.2 Å². The lowest BCUT2D eigenvalue weighted by Crippen LogP contribution is -2.35. The molecule has 3 aromatic rings. The van der Waals surface area contributed by atoms with Gasteiger partial charge in [-0.05, 0) is 36.1 Å². The zero-order valence-electron chi connectivity index (χ0n) is 18.4. The van der Waals surface area contributed by atoms with E-state index in [9.17, 15) is 9.90 Å². The number of nitrogens with zero attached hydrogens (tertiary/aromatic N) is 3. The molecule has 1 amide bonds. The van der Waals surface area contributed by atoms with Crippen molar-refractivity contribution in [3.8, 4) is 5.75 Å². The lowest BCUT2D eigenvalue weighted by molar-refractivity contribution is 0.0342. The molecule has 1 aliphatic rings. The number of hydrogen-bond donors (Lipinski definition) is 2. The summed E-state index contributed by atoms with van der Waals surface area (Å²) in [6, 6.07) is 11.3. The van der Waals surface area contributed by atoms with E-state index in [4.69, 9.17) is 4.74 Å². The highest BCUT2D eigenvalue weighted by atomic mass is 16.5. The fraction of sp³-hybridized carbons (Fsp3) is 0.417. The average Bonchev–Trinajstić information content (AvgIpc) is 3.14. The van der Waals surface area contributed by atoms with Crippen molar-refractivity contribution in [1.82, 2.24) is 15.1 Å². The molecule has 1 saturated heterocycles. The number of carbonyl (C=O) groups is 1. The highest BCUT2D eigenvalue weighted by Gasteiger charge is 2.20. The second-order valence-electron chi connectivity index (χ2n) is 8.60. The Morgan fingerprint density at radius 3 is 2.61 bits per heavy atom. The zero-order chi connectivity index (χ0) is 22.0. The van der Waals surface area contributed by atoms with E-state index in [1.165, 1.54) is 5.56 Å². The topological polar surface area (TPSA) is 81.7 Å². The maximum absolute atomic E-state index is 13.2. The summed E-state index contributed by atoms with van der Waals surface area (Å²) in [6.45, 7) is 8.56. The van der Waals surface area contributed by atoms with Gasteiger partial charge in [0, 0.05) is 43.8 Å². The molecule has 0 unspecified atom stereocenters. The first-order valence-electron chi connectivity index (χ1n) is 10.8. The van der Waals surface area contributed by atoms with Gasteiger partial charge in [-0.2, -0.15) is 5.10 Å². The number of phenolic OH excluding ortho intramolecular Hbond substituents is 1. The van der Waals surface area contributed by atoms with Crippen LogP contribution in [0.2, 0.25) is 0 Å². The van der Waals surface area contributed by atoms with Gasteiger partial charge in [0.1, 0.15) is 5.75 Å². The van der Waals surface area contributed by atoms with Gasteiger partial charge < -0.3 is 14.7 Å². The van der Waals surface area contributed by atoms with E-state index in [0.717, 1.165) is 61.6 Å². The first kappa shape index (κ1) is 21.3. The third-order valence-electron chi connectivity index (χ3n) is 5.73. The van der Waals surface area contributed by atoms with Gasteiger partial charge >= 0.3 is 0 Å². The summed E-state index contributed by atoms with van der Waals surface area (Å²) in [5.41, 5.74) is 3.91. The summed E-state index contributed by atoms with van der Waals surface area (Å²) < 4.78 is 5.40. The Balaban J connectivity index is 1.53. The van der Waals surface area contributed by atoms with Crippen molar-refractivity contribution in [2.24, 2.45) is 5.92 Å². The number of H-pyrrole nitrogens is 1. The number of rotatable bonds is 6. The molecule has 0 atom stereocenters. The highest BCUT2D eigenvalue weighted by molar-refractivity contribution is 6.09. The quantitative estimate of drug-likeness (QED) is 0.635. The Morgan fingerprint density at radius 1 is 1.23 bits per heavy atom. The van der Waals surface area contributed by atoms with Crippen LogP contribution in [0.4, 0.5) is 5.69 Å². The van der Waals surface area contributed by atoms with E-state index in [2.05, 4.69) is 41.1 Å². The number of phenols is 1. The SMILES string of the molecule is CC(C)Cc1n[nH]c2cc(O)c(C(=O)N(C)c3ccc(CN4CCOCC4)cc3)cc12.